The molecule has 2 aromatic heterocycles. The molecule has 23 heavy (non-hydrogen) atoms. The van der Waals surface area contributed by atoms with Crippen molar-refractivity contribution in [2.45, 2.75) is 11.5 Å². The smallest absolute Gasteiger partial charge is 0.233 e. The number of sulfone groups is 1. The van der Waals surface area contributed by atoms with Gasteiger partial charge in [-0.3, -0.25) is 4.98 Å². The second kappa shape index (κ2) is 6.21. The molecule has 0 aliphatic rings. The van der Waals surface area contributed by atoms with E-state index in [1.807, 2.05) is 0 Å². The lowest BCUT2D eigenvalue weighted by molar-refractivity contribution is 0.260. The Hall–Kier alpha value is -2.67. The van der Waals surface area contributed by atoms with E-state index in [-0.39, 0.29) is 11.5 Å². The maximum atomic E-state index is 11.5. The van der Waals surface area contributed by atoms with Crippen molar-refractivity contribution in [1.82, 2.24) is 9.97 Å². The number of nitrogens with zero attached hydrogens (tertiary/aromatic N) is 2. The lowest BCUT2D eigenvalue weighted by Crippen LogP contribution is -1.98. The molecule has 0 amide bonds. The van der Waals surface area contributed by atoms with Gasteiger partial charge in [-0.1, -0.05) is 12.1 Å². The largest absolute Gasteiger partial charge is 0.468 e. The summed E-state index contributed by atoms with van der Waals surface area (Å²) >= 11 is 0. The Morgan fingerprint density at radius 2 is 1.91 bits per heavy atom. The van der Waals surface area contributed by atoms with Crippen LogP contribution >= 0.6 is 0 Å². The van der Waals surface area contributed by atoms with Crippen LogP contribution in [0.5, 0.6) is 5.88 Å². The van der Waals surface area contributed by atoms with E-state index in [0.29, 0.717) is 17.3 Å². The van der Waals surface area contributed by atoms with Crippen molar-refractivity contribution in [1.29, 1.82) is 0 Å². The van der Waals surface area contributed by atoms with E-state index in [1.165, 1.54) is 12.5 Å². The molecular formula is C16H14N2O4S. The van der Waals surface area contributed by atoms with Crippen molar-refractivity contribution in [3.63, 3.8) is 0 Å². The van der Waals surface area contributed by atoms with E-state index in [2.05, 4.69) is 9.97 Å². The third-order valence-corrected chi connectivity index (χ3v) is 4.26. The molecule has 0 radical (unpaired) electrons. The van der Waals surface area contributed by atoms with E-state index in [9.17, 15) is 8.42 Å². The van der Waals surface area contributed by atoms with Crippen LogP contribution in [0.1, 0.15) is 5.76 Å². The molecule has 3 aromatic rings. The predicted octanol–water partition coefficient (Wildman–Crippen LogP) is 2.72. The summed E-state index contributed by atoms with van der Waals surface area (Å²) in [4.78, 5) is 8.72. The third kappa shape index (κ3) is 3.75. The highest BCUT2D eigenvalue weighted by Crippen LogP contribution is 2.21. The molecule has 0 unspecified atom stereocenters. The summed E-state index contributed by atoms with van der Waals surface area (Å²) in [5, 5.41) is 0. The topological polar surface area (TPSA) is 82.3 Å². The number of aromatic nitrogens is 2. The van der Waals surface area contributed by atoms with Gasteiger partial charge in [-0.15, -0.1) is 0 Å². The van der Waals surface area contributed by atoms with Crippen molar-refractivity contribution >= 4 is 9.84 Å². The highest BCUT2D eigenvalue weighted by Gasteiger charge is 2.08. The van der Waals surface area contributed by atoms with Crippen LogP contribution in [0.3, 0.4) is 0 Å². The van der Waals surface area contributed by atoms with E-state index in [4.69, 9.17) is 9.15 Å². The van der Waals surface area contributed by atoms with Crippen LogP contribution in [0, 0.1) is 0 Å². The van der Waals surface area contributed by atoms with E-state index in [1.54, 1.807) is 48.9 Å². The number of furan rings is 1. The summed E-state index contributed by atoms with van der Waals surface area (Å²) in [5.41, 5.74) is 1.36. The summed E-state index contributed by atoms with van der Waals surface area (Å²) in [7, 11) is -3.21. The van der Waals surface area contributed by atoms with Gasteiger partial charge in [-0.25, -0.2) is 13.4 Å². The zero-order valence-corrected chi connectivity index (χ0v) is 13.2. The van der Waals surface area contributed by atoms with Gasteiger partial charge in [0.15, 0.2) is 9.84 Å². The summed E-state index contributed by atoms with van der Waals surface area (Å²) in [6.45, 7) is 0.262. The second-order valence-corrected chi connectivity index (χ2v) is 6.92. The second-order valence-electron chi connectivity index (χ2n) is 4.91. The highest BCUT2D eigenvalue weighted by molar-refractivity contribution is 7.90. The molecule has 0 aliphatic carbocycles. The number of rotatable bonds is 5. The molecular weight excluding hydrogens is 316 g/mol. The Morgan fingerprint density at radius 3 is 2.57 bits per heavy atom. The van der Waals surface area contributed by atoms with E-state index >= 15 is 0 Å². The molecule has 1 aromatic carbocycles. The summed E-state index contributed by atoms with van der Waals surface area (Å²) in [5.74, 6) is 1.06. The zero-order chi connectivity index (χ0) is 16.3. The lowest BCUT2D eigenvalue weighted by Gasteiger charge is -2.06. The monoisotopic (exact) mass is 330 g/mol. The van der Waals surface area contributed by atoms with Gasteiger partial charge in [0.1, 0.15) is 12.4 Å². The number of hydrogen-bond acceptors (Lipinski definition) is 6. The van der Waals surface area contributed by atoms with Crippen molar-refractivity contribution in [2.24, 2.45) is 0 Å². The number of ether oxygens (including phenoxy) is 1. The minimum absolute atomic E-state index is 0.262. The molecule has 0 spiro atoms. The van der Waals surface area contributed by atoms with Gasteiger partial charge in [0.25, 0.3) is 0 Å². The van der Waals surface area contributed by atoms with Gasteiger partial charge < -0.3 is 9.15 Å². The minimum atomic E-state index is -3.21. The first-order chi connectivity index (χ1) is 11.0. The SMILES string of the molecule is CS(=O)(=O)c1ccc(-c2cncc(OCc3ccco3)n2)cc1. The summed E-state index contributed by atoms with van der Waals surface area (Å²) in [6.07, 6.45) is 5.85. The highest BCUT2D eigenvalue weighted by atomic mass is 32.2. The van der Waals surface area contributed by atoms with Gasteiger partial charge in [0.2, 0.25) is 5.88 Å². The first kappa shape index (κ1) is 15.2. The number of benzene rings is 1. The quantitative estimate of drug-likeness (QED) is 0.715. The van der Waals surface area contributed by atoms with E-state index < -0.39 is 9.84 Å². The van der Waals surface area contributed by atoms with Crippen LogP contribution < -0.4 is 4.74 Å². The molecule has 0 bridgehead atoms. The van der Waals surface area contributed by atoms with Crippen LogP contribution in [-0.2, 0) is 16.4 Å². The van der Waals surface area contributed by atoms with Crippen LogP contribution in [0.15, 0.2) is 64.4 Å². The molecule has 3 rings (SSSR count). The summed E-state index contributed by atoms with van der Waals surface area (Å²) < 4.78 is 33.7. The van der Waals surface area contributed by atoms with Crippen LogP contribution in [0.4, 0.5) is 0 Å². The van der Waals surface area contributed by atoms with Crippen LogP contribution in [0.25, 0.3) is 11.3 Å². The zero-order valence-electron chi connectivity index (χ0n) is 12.3. The first-order valence-corrected chi connectivity index (χ1v) is 8.69. The average molecular weight is 330 g/mol. The van der Waals surface area contributed by atoms with Gasteiger partial charge in [0, 0.05) is 11.8 Å². The van der Waals surface area contributed by atoms with Crippen molar-refractivity contribution < 1.29 is 17.6 Å². The Balaban J connectivity index is 1.79. The molecule has 2 heterocycles. The molecule has 0 aliphatic heterocycles. The maximum Gasteiger partial charge on any atom is 0.233 e. The van der Waals surface area contributed by atoms with Crippen molar-refractivity contribution in [3.05, 3.63) is 60.8 Å². The van der Waals surface area contributed by atoms with Gasteiger partial charge in [-0.2, -0.15) is 0 Å². The molecule has 0 saturated carbocycles. The fourth-order valence-electron chi connectivity index (χ4n) is 1.97. The Bertz CT molecular complexity index is 888. The minimum Gasteiger partial charge on any atom is -0.468 e. The molecule has 0 atom stereocenters. The van der Waals surface area contributed by atoms with Gasteiger partial charge >= 0.3 is 0 Å². The maximum absolute atomic E-state index is 11.5. The Kier molecular flexibility index (Phi) is 4.12. The molecule has 7 heteroatoms. The molecule has 6 nitrogen and oxygen atoms in total. The third-order valence-electron chi connectivity index (χ3n) is 3.13. The fraction of sp³-hybridized carbons (Fsp3) is 0.125. The van der Waals surface area contributed by atoms with Gasteiger partial charge in [0.05, 0.1) is 29.2 Å². The van der Waals surface area contributed by atoms with Crippen LogP contribution in [0.2, 0.25) is 0 Å². The Labute approximate surface area is 133 Å². The first-order valence-electron chi connectivity index (χ1n) is 6.80. The molecule has 0 N–H and O–H groups in total. The van der Waals surface area contributed by atoms with Crippen molar-refractivity contribution in [3.8, 4) is 17.1 Å². The number of hydrogen-bond donors (Lipinski definition) is 0. The molecule has 118 valence electrons. The average Bonchev–Trinajstić information content (AvgIpc) is 3.06. The standard InChI is InChI=1S/C16H14N2O4S/c1-23(19,20)14-6-4-12(5-7-14)15-9-17-10-16(18-15)22-11-13-3-2-8-21-13/h2-10H,11H2,1H3. The Morgan fingerprint density at radius 1 is 1.13 bits per heavy atom. The normalized spacial score (nSPS) is 11.3. The lowest BCUT2D eigenvalue weighted by atomic mass is 10.2. The molecule has 0 saturated heterocycles. The van der Waals surface area contributed by atoms with Crippen molar-refractivity contribution in [2.75, 3.05) is 6.26 Å². The summed E-state index contributed by atoms with van der Waals surface area (Å²) in [6, 6.07) is 10.1. The molecule has 0 fully saturated rings. The fourth-order valence-corrected chi connectivity index (χ4v) is 2.60. The van der Waals surface area contributed by atoms with Gasteiger partial charge in [-0.05, 0) is 24.3 Å². The van der Waals surface area contributed by atoms with Crippen LogP contribution in [-0.4, -0.2) is 24.6 Å². The van der Waals surface area contributed by atoms with E-state index in [0.717, 1.165) is 5.56 Å². The predicted molar refractivity (Wildman–Crippen MR) is 83.6 cm³/mol.